The van der Waals surface area contributed by atoms with E-state index in [1.54, 1.807) is 12.1 Å². The highest BCUT2D eigenvalue weighted by Gasteiger charge is 2.30. The molecule has 0 spiro atoms. The Kier molecular flexibility index (Phi) is 5.36. The summed E-state index contributed by atoms with van der Waals surface area (Å²) in [5, 5.41) is 2.99. The fraction of sp³-hybridized carbons (Fsp3) is 0.611. The zero-order valence-electron chi connectivity index (χ0n) is 14.2. The van der Waals surface area contributed by atoms with Crippen LogP contribution in [0.5, 0.6) is 0 Å². The number of halogens is 1. The highest BCUT2D eigenvalue weighted by Crippen LogP contribution is 2.31. The summed E-state index contributed by atoms with van der Waals surface area (Å²) in [6.07, 6.45) is 2.38. The molecule has 1 saturated carbocycles. The molecule has 0 aromatic heterocycles. The largest absolute Gasteiger partial charge is 0.369 e. The second kappa shape index (κ2) is 7.49. The standard InChI is InChI=1S/C18H27FN4O/c1-13(18(24)21-12-17(20)14-2-3-14)22-8-10-23(11-9-22)16-6-4-15(19)5-7-16/h4-7,13-14,17H,2-3,8-12,20H2,1H3,(H,21,24). The number of nitrogens with two attached hydrogens (primary N) is 1. The number of piperazine rings is 1. The lowest BCUT2D eigenvalue weighted by Crippen LogP contribution is -2.55. The van der Waals surface area contributed by atoms with Gasteiger partial charge < -0.3 is 16.0 Å². The topological polar surface area (TPSA) is 61.6 Å². The molecule has 1 heterocycles. The van der Waals surface area contributed by atoms with Crippen LogP contribution in [0.3, 0.4) is 0 Å². The summed E-state index contributed by atoms with van der Waals surface area (Å²) < 4.78 is 13.0. The Morgan fingerprint density at radius 2 is 1.88 bits per heavy atom. The second-order valence-corrected chi connectivity index (χ2v) is 6.92. The van der Waals surface area contributed by atoms with Gasteiger partial charge in [-0.15, -0.1) is 0 Å². The molecule has 24 heavy (non-hydrogen) atoms. The SMILES string of the molecule is CC(C(=O)NCC(N)C1CC1)N1CCN(c2ccc(F)cc2)CC1. The van der Waals surface area contributed by atoms with Gasteiger partial charge in [0.2, 0.25) is 5.91 Å². The van der Waals surface area contributed by atoms with Gasteiger partial charge in [0.25, 0.3) is 0 Å². The Labute approximate surface area is 143 Å². The molecule has 0 bridgehead atoms. The molecule has 1 amide bonds. The van der Waals surface area contributed by atoms with Crippen molar-refractivity contribution in [2.45, 2.75) is 31.8 Å². The van der Waals surface area contributed by atoms with Crippen LogP contribution in [0.15, 0.2) is 24.3 Å². The zero-order chi connectivity index (χ0) is 17.1. The molecule has 2 aliphatic rings. The van der Waals surface area contributed by atoms with E-state index in [4.69, 9.17) is 5.73 Å². The quantitative estimate of drug-likeness (QED) is 0.820. The molecular weight excluding hydrogens is 307 g/mol. The summed E-state index contributed by atoms with van der Waals surface area (Å²) in [5.74, 6) is 0.438. The van der Waals surface area contributed by atoms with Gasteiger partial charge in [0.05, 0.1) is 6.04 Å². The van der Waals surface area contributed by atoms with Gasteiger partial charge in [0.1, 0.15) is 5.82 Å². The maximum absolute atomic E-state index is 13.0. The van der Waals surface area contributed by atoms with E-state index in [9.17, 15) is 9.18 Å². The van der Waals surface area contributed by atoms with Crippen LogP contribution in [-0.4, -0.2) is 55.6 Å². The van der Waals surface area contributed by atoms with E-state index in [2.05, 4.69) is 15.1 Å². The molecule has 1 aromatic carbocycles. The number of nitrogens with one attached hydrogen (secondary N) is 1. The van der Waals surface area contributed by atoms with Crippen LogP contribution in [0.1, 0.15) is 19.8 Å². The molecule has 2 atom stereocenters. The van der Waals surface area contributed by atoms with Crippen molar-refractivity contribution >= 4 is 11.6 Å². The first kappa shape index (κ1) is 17.2. The fourth-order valence-electron chi connectivity index (χ4n) is 3.24. The zero-order valence-corrected chi connectivity index (χ0v) is 14.2. The van der Waals surface area contributed by atoms with Crippen LogP contribution in [0.25, 0.3) is 0 Å². The number of rotatable bonds is 6. The lowest BCUT2D eigenvalue weighted by atomic mass is 10.1. The number of hydrogen-bond donors (Lipinski definition) is 2. The number of amides is 1. The number of hydrogen-bond acceptors (Lipinski definition) is 4. The molecule has 1 saturated heterocycles. The summed E-state index contributed by atoms with van der Waals surface area (Å²) in [5.41, 5.74) is 7.07. The lowest BCUT2D eigenvalue weighted by Gasteiger charge is -2.38. The molecule has 6 heteroatoms. The summed E-state index contributed by atoms with van der Waals surface area (Å²) in [6.45, 7) is 5.84. The van der Waals surface area contributed by atoms with Gasteiger partial charge in [-0.3, -0.25) is 9.69 Å². The summed E-state index contributed by atoms with van der Waals surface area (Å²) in [6, 6.07) is 6.53. The van der Waals surface area contributed by atoms with E-state index in [0.717, 1.165) is 31.9 Å². The van der Waals surface area contributed by atoms with E-state index in [1.807, 2.05) is 6.92 Å². The Hall–Kier alpha value is -1.66. The first-order valence-electron chi connectivity index (χ1n) is 8.82. The maximum Gasteiger partial charge on any atom is 0.237 e. The number of anilines is 1. The Morgan fingerprint density at radius 3 is 2.46 bits per heavy atom. The van der Waals surface area contributed by atoms with Crippen LogP contribution >= 0.6 is 0 Å². The predicted octanol–water partition coefficient (Wildman–Crippen LogP) is 1.19. The molecule has 3 N–H and O–H groups in total. The van der Waals surface area contributed by atoms with Gasteiger partial charge >= 0.3 is 0 Å². The lowest BCUT2D eigenvalue weighted by molar-refractivity contribution is -0.126. The number of benzene rings is 1. The summed E-state index contributed by atoms with van der Waals surface area (Å²) in [4.78, 5) is 16.7. The molecule has 5 nitrogen and oxygen atoms in total. The van der Waals surface area contributed by atoms with Gasteiger partial charge in [-0.25, -0.2) is 4.39 Å². The van der Waals surface area contributed by atoms with Crippen LogP contribution in [0.4, 0.5) is 10.1 Å². The number of carbonyl (C=O) groups is 1. The van der Waals surface area contributed by atoms with Gasteiger partial charge in [-0.05, 0) is 49.9 Å². The summed E-state index contributed by atoms with van der Waals surface area (Å²) >= 11 is 0. The van der Waals surface area contributed by atoms with Crippen LogP contribution in [0, 0.1) is 11.7 Å². The second-order valence-electron chi connectivity index (χ2n) is 6.92. The van der Waals surface area contributed by atoms with E-state index in [-0.39, 0.29) is 23.8 Å². The van der Waals surface area contributed by atoms with Crippen molar-refractivity contribution in [3.05, 3.63) is 30.1 Å². The van der Waals surface area contributed by atoms with E-state index in [1.165, 1.54) is 25.0 Å². The van der Waals surface area contributed by atoms with E-state index < -0.39 is 0 Å². The van der Waals surface area contributed by atoms with Crippen LogP contribution in [-0.2, 0) is 4.79 Å². The molecular formula is C18H27FN4O. The Morgan fingerprint density at radius 1 is 1.25 bits per heavy atom. The molecule has 3 rings (SSSR count). The maximum atomic E-state index is 13.0. The fourth-order valence-corrected chi connectivity index (χ4v) is 3.24. The van der Waals surface area contributed by atoms with Gasteiger partial charge in [-0.2, -0.15) is 0 Å². The normalized spacial score (nSPS) is 21.4. The van der Waals surface area contributed by atoms with E-state index in [0.29, 0.717) is 12.5 Å². The minimum Gasteiger partial charge on any atom is -0.369 e. The minimum atomic E-state index is -0.216. The average Bonchev–Trinajstić information content (AvgIpc) is 3.45. The number of nitrogens with zero attached hydrogens (tertiary/aromatic N) is 2. The van der Waals surface area contributed by atoms with Crippen molar-refractivity contribution < 1.29 is 9.18 Å². The van der Waals surface area contributed by atoms with Gasteiger partial charge in [0, 0.05) is 44.5 Å². The predicted molar refractivity (Wildman–Crippen MR) is 93.4 cm³/mol. The van der Waals surface area contributed by atoms with Crippen molar-refractivity contribution in [1.29, 1.82) is 0 Å². The highest BCUT2D eigenvalue weighted by molar-refractivity contribution is 5.81. The third kappa shape index (κ3) is 4.24. The third-order valence-electron chi connectivity index (χ3n) is 5.17. The first-order valence-corrected chi connectivity index (χ1v) is 8.82. The monoisotopic (exact) mass is 334 g/mol. The minimum absolute atomic E-state index is 0.0568. The Bertz CT molecular complexity index is 553. The molecule has 1 aliphatic carbocycles. The molecule has 132 valence electrons. The van der Waals surface area contributed by atoms with Crippen molar-refractivity contribution in [3.63, 3.8) is 0 Å². The first-order chi connectivity index (χ1) is 11.5. The number of carbonyl (C=O) groups excluding carboxylic acids is 1. The smallest absolute Gasteiger partial charge is 0.237 e. The molecule has 1 aliphatic heterocycles. The van der Waals surface area contributed by atoms with Gasteiger partial charge in [0.15, 0.2) is 0 Å². The average molecular weight is 334 g/mol. The van der Waals surface area contributed by atoms with Crippen LogP contribution < -0.4 is 16.0 Å². The molecule has 2 unspecified atom stereocenters. The highest BCUT2D eigenvalue weighted by atomic mass is 19.1. The third-order valence-corrected chi connectivity index (χ3v) is 5.17. The molecule has 1 aromatic rings. The summed E-state index contributed by atoms with van der Waals surface area (Å²) in [7, 11) is 0. The van der Waals surface area contributed by atoms with E-state index >= 15 is 0 Å². The van der Waals surface area contributed by atoms with Crippen molar-refractivity contribution in [2.24, 2.45) is 11.7 Å². The molecule has 2 fully saturated rings. The van der Waals surface area contributed by atoms with Crippen molar-refractivity contribution in [3.8, 4) is 0 Å². The Balaban J connectivity index is 1.44. The van der Waals surface area contributed by atoms with Gasteiger partial charge in [-0.1, -0.05) is 0 Å². The van der Waals surface area contributed by atoms with Crippen molar-refractivity contribution in [2.75, 3.05) is 37.6 Å². The van der Waals surface area contributed by atoms with Crippen LogP contribution in [0.2, 0.25) is 0 Å². The molecule has 0 radical (unpaired) electrons. The van der Waals surface area contributed by atoms with Crippen molar-refractivity contribution in [1.82, 2.24) is 10.2 Å².